The minimum absolute atomic E-state index is 0.301. The summed E-state index contributed by atoms with van der Waals surface area (Å²) in [5, 5.41) is 1.32. The largest absolute Gasteiger partial charge is 0.264 e. The molecule has 2 heterocycles. The van der Waals surface area contributed by atoms with Gasteiger partial charge in [-0.3, -0.25) is 4.98 Å². The molecule has 1 atom stereocenters. The van der Waals surface area contributed by atoms with Crippen molar-refractivity contribution in [2.24, 2.45) is 0 Å². The molecule has 7 heteroatoms. The van der Waals surface area contributed by atoms with Crippen LogP contribution < -0.4 is 0 Å². The van der Waals surface area contributed by atoms with Crippen LogP contribution in [0.15, 0.2) is 52.4 Å². The quantitative estimate of drug-likeness (QED) is 0.788. The predicted molar refractivity (Wildman–Crippen MR) is 88.0 cm³/mol. The highest BCUT2D eigenvalue weighted by Crippen LogP contribution is 2.39. The maximum Gasteiger partial charge on any atom is 0.248 e. The fourth-order valence-electron chi connectivity index (χ4n) is 2.36. The van der Waals surface area contributed by atoms with Crippen LogP contribution >= 0.6 is 27.5 Å². The second kappa shape index (κ2) is 4.97. The SMILES string of the molecule is CC1(S(=O)(=O)n2ccc3cnccc32)C=CC(Cl)=C(Br)C1. The summed E-state index contributed by atoms with van der Waals surface area (Å²) in [7, 11) is -3.62. The van der Waals surface area contributed by atoms with Gasteiger partial charge in [-0.2, -0.15) is 0 Å². The Labute approximate surface area is 136 Å². The number of nitrogens with zero attached hydrogens (tertiary/aromatic N) is 2. The van der Waals surface area contributed by atoms with Crippen LogP contribution in [0.3, 0.4) is 0 Å². The first-order valence-electron chi connectivity index (χ1n) is 6.25. The van der Waals surface area contributed by atoms with Crippen LogP contribution in [0, 0.1) is 0 Å². The molecule has 0 aromatic carbocycles. The van der Waals surface area contributed by atoms with Crippen LogP contribution in [0.5, 0.6) is 0 Å². The van der Waals surface area contributed by atoms with E-state index in [1.807, 2.05) is 0 Å². The van der Waals surface area contributed by atoms with Crippen molar-refractivity contribution >= 4 is 48.5 Å². The lowest BCUT2D eigenvalue weighted by molar-refractivity contribution is 0.554. The highest BCUT2D eigenvalue weighted by atomic mass is 79.9. The maximum absolute atomic E-state index is 13.0. The van der Waals surface area contributed by atoms with Gasteiger partial charge >= 0.3 is 0 Å². The molecule has 2 aromatic heterocycles. The van der Waals surface area contributed by atoms with Gasteiger partial charge in [0.15, 0.2) is 0 Å². The number of allylic oxidation sites excluding steroid dienone is 3. The van der Waals surface area contributed by atoms with Gasteiger partial charge in [0, 0.05) is 34.9 Å². The van der Waals surface area contributed by atoms with Gasteiger partial charge in [-0.1, -0.05) is 33.6 Å². The average Bonchev–Trinajstić information content (AvgIpc) is 2.87. The van der Waals surface area contributed by atoms with Crippen LogP contribution in [-0.2, 0) is 10.0 Å². The van der Waals surface area contributed by atoms with Crippen LogP contribution in [-0.4, -0.2) is 22.1 Å². The van der Waals surface area contributed by atoms with E-state index in [1.165, 1.54) is 3.97 Å². The fourth-order valence-corrected chi connectivity index (χ4v) is 5.05. The smallest absolute Gasteiger partial charge is 0.248 e. The molecule has 0 N–H and O–H groups in total. The maximum atomic E-state index is 13.0. The first-order chi connectivity index (χ1) is 9.85. The second-order valence-electron chi connectivity index (χ2n) is 5.13. The third-order valence-electron chi connectivity index (χ3n) is 3.65. The van der Waals surface area contributed by atoms with Crippen molar-refractivity contribution in [2.45, 2.75) is 18.1 Å². The normalized spacial score (nSPS) is 23.0. The lowest BCUT2D eigenvalue weighted by Crippen LogP contribution is -2.38. The Hall–Kier alpha value is -1.11. The third-order valence-corrected chi connectivity index (χ3v) is 7.24. The molecular formula is C14H12BrClN2O2S. The summed E-state index contributed by atoms with van der Waals surface area (Å²) in [5.41, 5.74) is 0.622. The Morgan fingerprint density at radius 1 is 1.43 bits per heavy atom. The molecule has 0 aliphatic heterocycles. The van der Waals surface area contributed by atoms with E-state index in [0.717, 1.165) is 5.39 Å². The van der Waals surface area contributed by atoms with Gasteiger partial charge in [0.05, 0.1) is 10.5 Å². The Bertz CT molecular complexity index is 885. The number of pyridine rings is 1. The summed E-state index contributed by atoms with van der Waals surface area (Å²) in [4.78, 5) is 4.01. The standard InChI is InChI=1S/C14H12BrClN2O2S/c1-14(5-2-12(16)11(15)8-14)21(19,20)18-7-4-10-9-17-6-3-13(10)18/h2-7,9H,8H2,1H3. The van der Waals surface area contributed by atoms with Crippen molar-refractivity contribution in [1.82, 2.24) is 8.96 Å². The van der Waals surface area contributed by atoms with Gasteiger partial charge in [0.25, 0.3) is 0 Å². The Balaban J connectivity index is 2.16. The molecule has 0 radical (unpaired) electrons. The highest BCUT2D eigenvalue weighted by molar-refractivity contribution is 9.11. The van der Waals surface area contributed by atoms with Crippen molar-refractivity contribution in [3.8, 4) is 0 Å². The zero-order valence-electron chi connectivity index (χ0n) is 11.1. The first kappa shape index (κ1) is 14.8. The van der Waals surface area contributed by atoms with Crippen molar-refractivity contribution in [3.63, 3.8) is 0 Å². The molecule has 1 aliphatic carbocycles. The molecule has 0 spiro atoms. The summed E-state index contributed by atoms with van der Waals surface area (Å²) in [6.07, 6.45) is 8.36. The lowest BCUT2D eigenvalue weighted by atomic mass is 10.0. The van der Waals surface area contributed by atoms with E-state index in [4.69, 9.17) is 11.6 Å². The molecule has 4 nitrogen and oxygen atoms in total. The summed E-state index contributed by atoms with van der Waals surface area (Å²) in [6.45, 7) is 1.69. The van der Waals surface area contributed by atoms with Gasteiger partial charge in [-0.05, 0) is 25.1 Å². The van der Waals surface area contributed by atoms with Gasteiger partial charge in [0.2, 0.25) is 10.0 Å². The molecule has 0 bridgehead atoms. The molecule has 3 rings (SSSR count). The first-order valence-corrected chi connectivity index (χ1v) is 8.86. The van der Waals surface area contributed by atoms with Crippen LogP contribution in [0.1, 0.15) is 13.3 Å². The van der Waals surface area contributed by atoms with Gasteiger partial charge in [-0.25, -0.2) is 12.4 Å². The topological polar surface area (TPSA) is 52.0 Å². The van der Waals surface area contributed by atoms with E-state index in [0.29, 0.717) is 21.5 Å². The molecule has 0 amide bonds. The van der Waals surface area contributed by atoms with E-state index in [-0.39, 0.29) is 0 Å². The number of hydrogen-bond donors (Lipinski definition) is 0. The average molecular weight is 388 g/mol. The summed E-state index contributed by atoms with van der Waals surface area (Å²) in [6, 6.07) is 3.44. The van der Waals surface area contributed by atoms with Gasteiger partial charge in [0.1, 0.15) is 4.75 Å². The Kier molecular flexibility index (Phi) is 3.50. The van der Waals surface area contributed by atoms with Crippen LogP contribution in [0.4, 0.5) is 0 Å². The van der Waals surface area contributed by atoms with Crippen molar-refractivity contribution in [1.29, 1.82) is 0 Å². The van der Waals surface area contributed by atoms with E-state index >= 15 is 0 Å². The van der Waals surface area contributed by atoms with E-state index < -0.39 is 14.8 Å². The summed E-state index contributed by atoms with van der Waals surface area (Å²) in [5.74, 6) is 0. The van der Waals surface area contributed by atoms with E-state index in [1.54, 1.807) is 49.8 Å². The third kappa shape index (κ3) is 2.25. The van der Waals surface area contributed by atoms with Crippen molar-refractivity contribution < 1.29 is 8.42 Å². The molecular weight excluding hydrogens is 376 g/mol. The number of rotatable bonds is 2. The predicted octanol–water partition coefficient (Wildman–Crippen LogP) is 3.78. The number of hydrogen-bond acceptors (Lipinski definition) is 3. The summed E-state index contributed by atoms with van der Waals surface area (Å²) < 4.78 is 27.0. The Morgan fingerprint density at radius 3 is 2.90 bits per heavy atom. The van der Waals surface area contributed by atoms with E-state index in [2.05, 4.69) is 20.9 Å². The Morgan fingerprint density at radius 2 is 2.19 bits per heavy atom. The molecule has 1 unspecified atom stereocenters. The van der Waals surface area contributed by atoms with Crippen molar-refractivity contribution in [2.75, 3.05) is 0 Å². The number of fused-ring (bicyclic) bond motifs is 1. The van der Waals surface area contributed by atoms with Gasteiger partial charge in [-0.15, -0.1) is 0 Å². The molecule has 2 aromatic rings. The molecule has 110 valence electrons. The zero-order valence-corrected chi connectivity index (χ0v) is 14.3. The number of halogens is 2. The second-order valence-corrected chi connectivity index (χ2v) is 8.77. The van der Waals surface area contributed by atoms with E-state index in [9.17, 15) is 8.42 Å². The minimum Gasteiger partial charge on any atom is -0.264 e. The molecule has 21 heavy (non-hydrogen) atoms. The molecule has 0 fully saturated rings. The van der Waals surface area contributed by atoms with Gasteiger partial charge < -0.3 is 0 Å². The number of aromatic nitrogens is 2. The zero-order chi connectivity index (χ0) is 15.3. The molecule has 0 saturated carbocycles. The minimum atomic E-state index is -3.62. The highest BCUT2D eigenvalue weighted by Gasteiger charge is 2.41. The van der Waals surface area contributed by atoms with Crippen molar-refractivity contribution in [3.05, 3.63) is 52.4 Å². The van der Waals surface area contributed by atoms with Crippen LogP contribution in [0.25, 0.3) is 10.9 Å². The fraction of sp³-hybridized carbons (Fsp3) is 0.214. The van der Waals surface area contributed by atoms with Crippen LogP contribution in [0.2, 0.25) is 0 Å². The lowest BCUT2D eigenvalue weighted by Gasteiger charge is -2.29. The summed E-state index contributed by atoms with van der Waals surface area (Å²) >= 11 is 9.35. The molecule has 1 aliphatic rings. The molecule has 0 saturated heterocycles. The monoisotopic (exact) mass is 386 g/mol.